The van der Waals surface area contributed by atoms with Crippen molar-refractivity contribution in [2.75, 3.05) is 20.3 Å². The van der Waals surface area contributed by atoms with Gasteiger partial charge in [-0.1, -0.05) is 13.8 Å². The minimum absolute atomic E-state index is 0.389. The number of likely N-dealkylation sites (tertiary alicyclic amines) is 1. The molecule has 0 saturated carbocycles. The average molecular weight is 208 g/mol. The average Bonchev–Trinajstić information content (AvgIpc) is 2.63. The molecule has 3 nitrogen and oxygen atoms in total. The van der Waals surface area contributed by atoms with Crippen molar-refractivity contribution in [2.45, 2.75) is 32.7 Å². The van der Waals surface area contributed by atoms with Crippen LogP contribution in [0.3, 0.4) is 0 Å². The summed E-state index contributed by atoms with van der Waals surface area (Å²) in [6.45, 7) is 5.90. The van der Waals surface area contributed by atoms with Crippen molar-refractivity contribution in [3.63, 3.8) is 0 Å². The van der Waals surface area contributed by atoms with Crippen molar-refractivity contribution in [2.24, 2.45) is 5.92 Å². The van der Waals surface area contributed by atoms with Crippen LogP contribution in [0.4, 0.5) is 0 Å². The molecule has 1 saturated heterocycles. The quantitative estimate of drug-likeness (QED) is 0.664. The van der Waals surface area contributed by atoms with Gasteiger partial charge in [-0.15, -0.1) is 0 Å². The first-order valence-electron chi connectivity index (χ1n) is 5.56. The molecule has 0 aromatic rings. The van der Waals surface area contributed by atoms with Crippen LogP contribution >= 0.6 is 0 Å². The zero-order valence-electron chi connectivity index (χ0n) is 9.86. The molecule has 1 fully saturated rings. The van der Waals surface area contributed by atoms with Crippen molar-refractivity contribution in [1.29, 1.82) is 5.26 Å². The topological polar surface area (TPSA) is 36.3 Å². The molecule has 15 heavy (non-hydrogen) atoms. The number of allylic oxidation sites excluding steroid dienone is 2. The van der Waals surface area contributed by atoms with E-state index in [2.05, 4.69) is 24.8 Å². The van der Waals surface area contributed by atoms with Crippen molar-refractivity contribution in [3.8, 4) is 6.07 Å². The van der Waals surface area contributed by atoms with E-state index >= 15 is 0 Å². The lowest BCUT2D eigenvalue weighted by atomic mass is 10.1. The second-order valence-electron chi connectivity index (χ2n) is 4.35. The van der Waals surface area contributed by atoms with E-state index in [9.17, 15) is 0 Å². The van der Waals surface area contributed by atoms with Crippen molar-refractivity contribution in [1.82, 2.24) is 4.90 Å². The summed E-state index contributed by atoms with van der Waals surface area (Å²) in [7, 11) is 1.72. The van der Waals surface area contributed by atoms with Gasteiger partial charge in [-0.3, -0.25) is 0 Å². The Morgan fingerprint density at radius 2 is 2.40 bits per heavy atom. The molecule has 1 aliphatic rings. The summed E-state index contributed by atoms with van der Waals surface area (Å²) in [5.74, 6) is 0.420. The lowest BCUT2D eigenvalue weighted by molar-refractivity contribution is 0.134. The highest BCUT2D eigenvalue weighted by Gasteiger charge is 2.26. The molecule has 1 unspecified atom stereocenters. The Bertz CT molecular complexity index is 265. The molecule has 3 heteroatoms. The maximum absolute atomic E-state index is 9.12. The smallest absolute Gasteiger partial charge is 0.117 e. The molecular weight excluding hydrogens is 188 g/mol. The molecule has 0 aromatic carbocycles. The standard InChI is InChI=1S/C12H20N2O/c1-10(2)7-12(8-13)14-6-4-5-11(14)9-15-3/h7,10-11H,4-6,9H2,1-3H3/b12-7-. The summed E-state index contributed by atoms with van der Waals surface area (Å²) < 4.78 is 5.18. The Labute approximate surface area is 92.3 Å². The Balaban J connectivity index is 2.72. The maximum atomic E-state index is 9.12. The van der Waals surface area contributed by atoms with Gasteiger partial charge < -0.3 is 9.64 Å². The fourth-order valence-corrected chi connectivity index (χ4v) is 2.03. The molecule has 84 valence electrons. The lowest BCUT2D eigenvalue weighted by Crippen LogP contribution is -2.32. The summed E-state index contributed by atoms with van der Waals surface area (Å²) in [5, 5.41) is 9.12. The maximum Gasteiger partial charge on any atom is 0.117 e. The van der Waals surface area contributed by atoms with Gasteiger partial charge in [0.05, 0.1) is 12.6 Å². The Morgan fingerprint density at radius 3 is 2.93 bits per heavy atom. The van der Waals surface area contributed by atoms with Gasteiger partial charge in [0.25, 0.3) is 0 Å². The molecule has 0 spiro atoms. The van der Waals surface area contributed by atoms with E-state index in [1.807, 2.05) is 6.08 Å². The summed E-state index contributed by atoms with van der Waals surface area (Å²) >= 11 is 0. The molecular formula is C12H20N2O. The van der Waals surface area contributed by atoms with Gasteiger partial charge in [-0.25, -0.2) is 0 Å². The normalized spacial score (nSPS) is 22.2. The predicted molar refractivity (Wildman–Crippen MR) is 60.1 cm³/mol. The van der Waals surface area contributed by atoms with Crippen molar-refractivity contribution >= 4 is 0 Å². The number of nitrogens with zero attached hydrogens (tertiary/aromatic N) is 2. The van der Waals surface area contributed by atoms with Crippen LogP contribution in [-0.4, -0.2) is 31.2 Å². The third-order valence-corrected chi connectivity index (χ3v) is 2.65. The van der Waals surface area contributed by atoms with Crippen LogP contribution in [0, 0.1) is 17.2 Å². The molecule has 0 amide bonds. The first kappa shape index (κ1) is 12.1. The fraction of sp³-hybridized carbons (Fsp3) is 0.750. The monoisotopic (exact) mass is 208 g/mol. The fourth-order valence-electron chi connectivity index (χ4n) is 2.03. The van der Waals surface area contributed by atoms with Crippen LogP contribution in [0.15, 0.2) is 11.8 Å². The van der Waals surface area contributed by atoms with Gasteiger partial charge in [0.2, 0.25) is 0 Å². The van der Waals surface area contributed by atoms with E-state index in [4.69, 9.17) is 10.00 Å². The molecule has 0 aromatic heterocycles. The second kappa shape index (κ2) is 5.77. The van der Waals surface area contributed by atoms with Gasteiger partial charge in [0, 0.05) is 13.7 Å². The molecule has 0 aliphatic carbocycles. The highest BCUT2D eigenvalue weighted by Crippen LogP contribution is 2.22. The number of hydrogen-bond acceptors (Lipinski definition) is 3. The number of nitriles is 1. The van der Waals surface area contributed by atoms with E-state index in [0.29, 0.717) is 12.0 Å². The second-order valence-corrected chi connectivity index (χ2v) is 4.35. The third-order valence-electron chi connectivity index (χ3n) is 2.65. The van der Waals surface area contributed by atoms with Gasteiger partial charge in [0.1, 0.15) is 11.8 Å². The van der Waals surface area contributed by atoms with E-state index < -0.39 is 0 Å². The largest absolute Gasteiger partial charge is 0.383 e. The van der Waals surface area contributed by atoms with E-state index in [0.717, 1.165) is 31.7 Å². The lowest BCUT2D eigenvalue weighted by Gasteiger charge is -2.25. The number of hydrogen-bond donors (Lipinski definition) is 0. The van der Waals surface area contributed by atoms with Crippen molar-refractivity contribution in [3.05, 3.63) is 11.8 Å². The molecule has 0 N–H and O–H groups in total. The molecule has 1 atom stereocenters. The van der Waals surface area contributed by atoms with Crippen LogP contribution in [-0.2, 0) is 4.74 Å². The van der Waals surface area contributed by atoms with Gasteiger partial charge in [-0.05, 0) is 24.8 Å². The Hall–Kier alpha value is -1.01. The minimum Gasteiger partial charge on any atom is -0.383 e. The highest BCUT2D eigenvalue weighted by molar-refractivity contribution is 5.21. The molecule has 0 bridgehead atoms. The summed E-state index contributed by atoms with van der Waals surface area (Å²) in [6.07, 6.45) is 4.32. The zero-order chi connectivity index (χ0) is 11.3. The number of rotatable bonds is 4. The molecule has 1 rings (SSSR count). The van der Waals surface area contributed by atoms with Crippen LogP contribution in [0.2, 0.25) is 0 Å². The van der Waals surface area contributed by atoms with Crippen LogP contribution in [0.5, 0.6) is 0 Å². The van der Waals surface area contributed by atoms with Crippen LogP contribution < -0.4 is 0 Å². The third kappa shape index (κ3) is 3.24. The number of methoxy groups -OCH3 is 1. The summed E-state index contributed by atoms with van der Waals surface area (Å²) in [5.41, 5.74) is 0.810. The summed E-state index contributed by atoms with van der Waals surface area (Å²) in [6, 6.07) is 2.68. The zero-order valence-corrected chi connectivity index (χ0v) is 9.86. The van der Waals surface area contributed by atoms with E-state index in [-0.39, 0.29) is 0 Å². The SMILES string of the molecule is COCC1CCCN1/C(C#N)=C\C(C)C. The number of ether oxygens (including phenoxy) is 1. The first-order valence-corrected chi connectivity index (χ1v) is 5.56. The Kier molecular flexibility index (Phi) is 4.64. The first-order chi connectivity index (χ1) is 7.19. The van der Waals surface area contributed by atoms with Crippen molar-refractivity contribution < 1.29 is 4.74 Å². The van der Waals surface area contributed by atoms with E-state index in [1.54, 1.807) is 7.11 Å². The predicted octanol–water partition coefficient (Wildman–Crippen LogP) is 2.16. The molecule has 1 heterocycles. The Morgan fingerprint density at radius 1 is 1.67 bits per heavy atom. The van der Waals surface area contributed by atoms with Gasteiger partial charge in [-0.2, -0.15) is 5.26 Å². The van der Waals surface area contributed by atoms with E-state index in [1.165, 1.54) is 0 Å². The minimum atomic E-state index is 0.389. The molecule has 0 radical (unpaired) electrons. The highest BCUT2D eigenvalue weighted by atomic mass is 16.5. The summed E-state index contributed by atoms with van der Waals surface area (Å²) in [4.78, 5) is 2.18. The van der Waals surface area contributed by atoms with Gasteiger partial charge >= 0.3 is 0 Å². The van der Waals surface area contributed by atoms with Gasteiger partial charge in [0.15, 0.2) is 0 Å². The van der Waals surface area contributed by atoms with Crippen LogP contribution in [0.25, 0.3) is 0 Å². The van der Waals surface area contributed by atoms with Crippen LogP contribution in [0.1, 0.15) is 26.7 Å². The molecule has 1 aliphatic heterocycles.